The Hall–Kier alpha value is -2.24. The molecule has 1 amide bonds. The molecule has 0 spiro atoms. The van der Waals surface area contributed by atoms with Gasteiger partial charge in [-0.3, -0.25) is 4.99 Å². The predicted molar refractivity (Wildman–Crippen MR) is 98.0 cm³/mol. The van der Waals surface area contributed by atoms with Crippen molar-refractivity contribution >= 4 is 12.1 Å². The molecule has 0 bridgehead atoms. The summed E-state index contributed by atoms with van der Waals surface area (Å²) in [4.78, 5) is 15.9. The summed E-state index contributed by atoms with van der Waals surface area (Å²) in [5.74, 6) is 1.18. The second-order valence-electron chi connectivity index (χ2n) is 5.98. The zero-order valence-corrected chi connectivity index (χ0v) is 15.1. The van der Waals surface area contributed by atoms with Gasteiger partial charge >= 0.3 is 6.09 Å². The van der Waals surface area contributed by atoms with Gasteiger partial charge in [0.2, 0.25) is 0 Å². The fourth-order valence-corrected chi connectivity index (χ4v) is 2.32. The topological polar surface area (TPSA) is 74.8 Å². The molecule has 6 nitrogen and oxygen atoms in total. The molecule has 0 aliphatic heterocycles. The van der Waals surface area contributed by atoms with Gasteiger partial charge in [0.1, 0.15) is 0 Å². The lowest BCUT2D eigenvalue weighted by molar-refractivity contribution is 0.146. The Morgan fingerprint density at radius 3 is 2.50 bits per heavy atom. The molecule has 1 aromatic carbocycles. The third-order valence-electron chi connectivity index (χ3n) is 3.40. The number of nitrogens with one attached hydrogen (secondary N) is 3. The Morgan fingerprint density at radius 2 is 1.92 bits per heavy atom. The monoisotopic (exact) mass is 334 g/mol. The maximum atomic E-state index is 11.7. The molecule has 24 heavy (non-hydrogen) atoms. The summed E-state index contributed by atoms with van der Waals surface area (Å²) < 4.78 is 4.97. The fraction of sp³-hybridized carbons (Fsp3) is 0.556. The Bertz CT molecular complexity index is 503. The summed E-state index contributed by atoms with van der Waals surface area (Å²) in [5, 5.41) is 9.43. The van der Waals surface area contributed by atoms with Crippen molar-refractivity contribution in [2.45, 2.75) is 39.8 Å². The van der Waals surface area contributed by atoms with Crippen molar-refractivity contribution in [2.24, 2.45) is 10.9 Å². The van der Waals surface area contributed by atoms with Crippen molar-refractivity contribution in [1.82, 2.24) is 16.0 Å². The molecular weight excluding hydrogens is 304 g/mol. The second-order valence-corrected chi connectivity index (χ2v) is 5.98. The van der Waals surface area contributed by atoms with Crippen molar-refractivity contribution in [3.63, 3.8) is 0 Å². The summed E-state index contributed by atoms with van der Waals surface area (Å²) in [7, 11) is 1.73. The van der Waals surface area contributed by atoms with Crippen LogP contribution in [0.4, 0.5) is 4.79 Å². The number of rotatable bonds is 8. The van der Waals surface area contributed by atoms with Crippen LogP contribution in [0, 0.1) is 5.92 Å². The van der Waals surface area contributed by atoms with Crippen LogP contribution in [0.25, 0.3) is 0 Å². The number of guanidine groups is 1. The van der Waals surface area contributed by atoms with Crippen LogP contribution in [0.2, 0.25) is 0 Å². The first-order valence-corrected chi connectivity index (χ1v) is 8.46. The Morgan fingerprint density at radius 1 is 1.21 bits per heavy atom. The molecule has 1 aromatic rings. The molecule has 0 fully saturated rings. The van der Waals surface area contributed by atoms with Crippen LogP contribution in [0.1, 0.15) is 32.8 Å². The van der Waals surface area contributed by atoms with E-state index in [-0.39, 0.29) is 12.1 Å². The molecule has 1 rings (SSSR count). The first-order valence-electron chi connectivity index (χ1n) is 8.46. The van der Waals surface area contributed by atoms with E-state index in [4.69, 9.17) is 4.74 Å². The van der Waals surface area contributed by atoms with Gasteiger partial charge in [-0.25, -0.2) is 4.79 Å². The van der Waals surface area contributed by atoms with E-state index in [1.54, 1.807) is 14.0 Å². The number of carbonyl (C=O) groups excluding carboxylic acids is 1. The molecule has 0 aliphatic rings. The Balaban J connectivity index is 2.48. The van der Waals surface area contributed by atoms with Crippen molar-refractivity contribution < 1.29 is 9.53 Å². The van der Waals surface area contributed by atoms with E-state index in [1.165, 1.54) is 5.56 Å². The average Bonchev–Trinajstić information content (AvgIpc) is 2.55. The van der Waals surface area contributed by atoms with Crippen LogP contribution in [-0.4, -0.2) is 38.3 Å². The van der Waals surface area contributed by atoms with Gasteiger partial charge in [-0.2, -0.15) is 0 Å². The Kier molecular flexibility index (Phi) is 9.34. The van der Waals surface area contributed by atoms with Gasteiger partial charge in [-0.15, -0.1) is 0 Å². The zero-order valence-electron chi connectivity index (χ0n) is 15.1. The third-order valence-corrected chi connectivity index (χ3v) is 3.40. The van der Waals surface area contributed by atoms with Gasteiger partial charge in [0, 0.05) is 26.2 Å². The maximum Gasteiger partial charge on any atom is 0.407 e. The number of alkyl carbamates (subject to hydrolysis) is 1. The maximum absolute atomic E-state index is 11.7. The number of hydrogen-bond acceptors (Lipinski definition) is 3. The van der Waals surface area contributed by atoms with Crippen molar-refractivity contribution in [3.05, 3.63) is 35.9 Å². The first-order chi connectivity index (χ1) is 11.5. The second kappa shape index (κ2) is 11.3. The quantitative estimate of drug-likeness (QED) is 0.504. The number of aliphatic imine (C=N–C) groups is 1. The van der Waals surface area contributed by atoms with Crippen molar-refractivity contribution in [2.75, 3.05) is 20.2 Å². The number of ether oxygens (including phenoxy) is 1. The minimum Gasteiger partial charge on any atom is -0.450 e. The van der Waals surface area contributed by atoms with Crippen LogP contribution in [0.5, 0.6) is 0 Å². The highest BCUT2D eigenvalue weighted by atomic mass is 16.5. The highest BCUT2D eigenvalue weighted by molar-refractivity contribution is 5.79. The van der Waals surface area contributed by atoms with Crippen LogP contribution >= 0.6 is 0 Å². The molecule has 0 saturated carbocycles. The van der Waals surface area contributed by atoms with Gasteiger partial charge in [0.05, 0.1) is 6.61 Å². The molecule has 0 aromatic heterocycles. The molecule has 0 saturated heterocycles. The molecule has 3 N–H and O–H groups in total. The van der Waals surface area contributed by atoms with Gasteiger partial charge in [-0.05, 0) is 24.8 Å². The lowest BCUT2D eigenvalue weighted by atomic mass is 10.0. The standard InChI is InChI=1S/C18H30N4O2/c1-5-24-18(23)22-16(11-14(2)3)13-21-17(19-4)20-12-15-9-7-6-8-10-15/h6-10,14,16H,5,11-13H2,1-4H3,(H,22,23)(H2,19,20,21). The smallest absolute Gasteiger partial charge is 0.407 e. The van der Waals surface area contributed by atoms with Gasteiger partial charge in [0.15, 0.2) is 5.96 Å². The molecule has 6 heteroatoms. The van der Waals surface area contributed by atoms with E-state index in [1.807, 2.05) is 18.2 Å². The SMILES string of the molecule is CCOC(=O)NC(CNC(=NC)NCc1ccccc1)CC(C)C. The van der Waals surface area contributed by atoms with Crippen molar-refractivity contribution in [1.29, 1.82) is 0 Å². The summed E-state index contributed by atoms with van der Waals surface area (Å²) in [6.07, 6.45) is 0.485. The van der Waals surface area contributed by atoms with E-state index in [9.17, 15) is 4.79 Å². The summed E-state index contributed by atoms with van der Waals surface area (Å²) in [6.45, 7) is 7.70. The molecule has 1 atom stereocenters. The molecule has 1 unspecified atom stereocenters. The number of hydrogen-bond donors (Lipinski definition) is 3. The van der Waals surface area contributed by atoms with Gasteiger partial charge < -0.3 is 20.7 Å². The van der Waals surface area contributed by atoms with Crippen molar-refractivity contribution in [3.8, 4) is 0 Å². The highest BCUT2D eigenvalue weighted by Gasteiger charge is 2.15. The minimum atomic E-state index is -0.378. The molecule has 0 heterocycles. The van der Waals surface area contributed by atoms with Crippen LogP contribution < -0.4 is 16.0 Å². The fourth-order valence-electron chi connectivity index (χ4n) is 2.32. The molecule has 0 aliphatic carbocycles. The summed E-state index contributed by atoms with van der Waals surface area (Å²) in [5.41, 5.74) is 1.18. The molecule has 0 radical (unpaired) electrons. The van der Waals surface area contributed by atoms with Gasteiger partial charge in [-0.1, -0.05) is 44.2 Å². The van der Waals surface area contributed by atoms with E-state index < -0.39 is 0 Å². The highest BCUT2D eigenvalue weighted by Crippen LogP contribution is 2.04. The summed E-state index contributed by atoms with van der Waals surface area (Å²) in [6, 6.07) is 10.1. The van der Waals surface area contributed by atoms with Crippen LogP contribution in [-0.2, 0) is 11.3 Å². The number of carbonyl (C=O) groups is 1. The first kappa shape index (κ1) is 19.8. The summed E-state index contributed by atoms with van der Waals surface area (Å²) >= 11 is 0. The van der Waals surface area contributed by atoms with Crippen LogP contribution in [0.3, 0.4) is 0 Å². The van der Waals surface area contributed by atoms with E-state index in [0.717, 1.165) is 6.42 Å². The Labute approximate surface area is 145 Å². The lowest BCUT2D eigenvalue weighted by Crippen LogP contribution is -2.47. The van der Waals surface area contributed by atoms with Gasteiger partial charge in [0.25, 0.3) is 0 Å². The zero-order chi connectivity index (χ0) is 17.8. The van der Waals surface area contributed by atoms with E-state index in [2.05, 4.69) is 46.9 Å². The third kappa shape index (κ3) is 8.41. The molecular formula is C18H30N4O2. The predicted octanol–water partition coefficient (Wildman–Crippen LogP) is 2.51. The average molecular weight is 334 g/mol. The normalized spacial score (nSPS) is 12.6. The van der Waals surface area contributed by atoms with E-state index in [0.29, 0.717) is 31.6 Å². The minimum absolute atomic E-state index is 0.0145. The largest absolute Gasteiger partial charge is 0.450 e. The lowest BCUT2D eigenvalue weighted by Gasteiger charge is -2.22. The number of nitrogens with zero attached hydrogens (tertiary/aromatic N) is 1. The van der Waals surface area contributed by atoms with Crippen LogP contribution in [0.15, 0.2) is 35.3 Å². The number of amides is 1. The number of benzene rings is 1. The van der Waals surface area contributed by atoms with E-state index >= 15 is 0 Å². The molecule has 134 valence electrons.